The lowest BCUT2D eigenvalue weighted by molar-refractivity contribution is 0.251. The third-order valence-corrected chi connectivity index (χ3v) is 4.22. The average Bonchev–Trinajstić information content (AvgIpc) is 2.89. The van der Waals surface area contributed by atoms with Crippen LogP contribution in [0.5, 0.6) is 5.75 Å². The predicted octanol–water partition coefficient (Wildman–Crippen LogP) is 4.07. The van der Waals surface area contributed by atoms with Gasteiger partial charge in [0.1, 0.15) is 0 Å². The molecule has 2 atom stereocenters. The Morgan fingerprint density at radius 2 is 2.20 bits per heavy atom. The van der Waals surface area contributed by atoms with Gasteiger partial charge in [0, 0.05) is 6.04 Å². The van der Waals surface area contributed by atoms with Gasteiger partial charge in [-0.1, -0.05) is 25.5 Å². The smallest absolute Gasteiger partial charge is 0.167 e. The van der Waals surface area contributed by atoms with Crippen LogP contribution >= 0.6 is 0 Å². The fraction of sp³-hybridized carbons (Fsp3) is 0.647. The predicted molar refractivity (Wildman–Crippen MR) is 80.7 cm³/mol. The van der Waals surface area contributed by atoms with Crippen molar-refractivity contribution in [2.24, 2.45) is 5.92 Å². The van der Waals surface area contributed by atoms with Gasteiger partial charge in [0.2, 0.25) is 0 Å². The number of halogens is 1. The summed E-state index contributed by atoms with van der Waals surface area (Å²) in [6.07, 6.45) is 6.01. The number of rotatable bonds is 7. The summed E-state index contributed by atoms with van der Waals surface area (Å²) in [5.41, 5.74) is 0.644. The molecule has 0 heterocycles. The molecule has 2 unspecified atom stereocenters. The Morgan fingerprint density at radius 3 is 3.00 bits per heavy atom. The molecule has 1 aromatic rings. The lowest BCUT2D eigenvalue weighted by atomic mass is 10.00. The van der Waals surface area contributed by atoms with Gasteiger partial charge >= 0.3 is 0 Å². The van der Waals surface area contributed by atoms with Crippen LogP contribution in [0.15, 0.2) is 18.2 Å². The number of nitrogens with one attached hydrogen (secondary N) is 1. The zero-order valence-corrected chi connectivity index (χ0v) is 12.6. The number of hydrogen-bond donors (Lipinski definition) is 1. The maximum atomic E-state index is 13.8. The van der Waals surface area contributed by atoms with Gasteiger partial charge in [0.25, 0.3) is 0 Å². The fourth-order valence-electron chi connectivity index (χ4n) is 3.03. The first-order valence-corrected chi connectivity index (χ1v) is 7.83. The topological polar surface area (TPSA) is 21.3 Å². The van der Waals surface area contributed by atoms with E-state index in [-0.39, 0.29) is 5.82 Å². The van der Waals surface area contributed by atoms with Crippen molar-refractivity contribution >= 4 is 0 Å². The summed E-state index contributed by atoms with van der Waals surface area (Å²) in [6, 6.07) is 5.95. The van der Waals surface area contributed by atoms with Gasteiger partial charge in [0.05, 0.1) is 6.61 Å². The molecule has 1 saturated carbocycles. The maximum absolute atomic E-state index is 13.8. The SMILES string of the molecule is CCCNC1CCCC1CCOc1cccc(C)c1F. The van der Waals surface area contributed by atoms with Crippen molar-refractivity contribution in [1.29, 1.82) is 0 Å². The molecule has 1 N–H and O–H groups in total. The minimum atomic E-state index is -0.223. The molecular formula is C17H26FNO. The Morgan fingerprint density at radius 1 is 1.35 bits per heavy atom. The molecule has 20 heavy (non-hydrogen) atoms. The van der Waals surface area contributed by atoms with Crippen LogP contribution in [0.1, 0.15) is 44.6 Å². The van der Waals surface area contributed by atoms with Gasteiger partial charge in [-0.05, 0) is 56.7 Å². The first-order valence-electron chi connectivity index (χ1n) is 7.83. The number of aryl methyl sites for hydroxylation is 1. The van der Waals surface area contributed by atoms with Crippen LogP contribution in [-0.2, 0) is 0 Å². The minimum Gasteiger partial charge on any atom is -0.490 e. The number of ether oxygens (including phenoxy) is 1. The third-order valence-electron chi connectivity index (χ3n) is 4.22. The Labute approximate surface area is 121 Å². The molecule has 0 amide bonds. The normalized spacial score (nSPS) is 22.1. The van der Waals surface area contributed by atoms with Crippen LogP contribution in [-0.4, -0.2) is 19.2 Å². The molecule has 1 aliphatic rings. The summed E-state index contributed by atoms with van der Waals surface area (Å²) in [5.74, 6) is 0.843. The first-order chi connectivity index (χ1) is 9.72. The van der Waals surface area contributed by atoms with Crippen LogP contribution in [0.3, 0.4) is 0 Å². The summed E-state index contributed by atoms with van der Waals surface area (Å²) >= 11 is 0. The summed E-state index contributed by atoms with van der Waals surface area (Å²) in [4.78, 5) is 0. The van der Waals surface area contributed by atoms with Crippen molar-refractivity contribution in [3.63, 3.8) is 0 Å². The van der Waals surface area contributed by atoms with Crippen molar-refractivity contribution in [3.05, 3.63) is 29.6 Å². The lowest BCUT2D eigenvalue weighted by Crippen LogP contribution is -2.33. The minimum absolute atomic E-state index is 0.223. The maximum Gasteiger partial charge on any atom is 0.167 e. The Balaban J connectivity index is 1.79. The van der Waals surface area contributed by atoms with E-state index in [1.54, 1.807) is 19.1 Å². The van der Waals surface area contributed by atoms with Crippen LogP contribution in [0.4, 0.5) is 4.39 Å². The highest BCUT2D eigenvalue weighted by Crippen LogP contribution is 2.29. The molecule has 0 saturated heterocycles. The number of benzene rings is 1. The zero-order chi connectivity index (χ0) is 14.4. The van der Waals surface area contributed by atoms with E-state index in [1.807, 2.05) is 6.07 Å². The third kappa shape index (κ3) is 3.95. The van der Waals surface area contributed by atoms with Crippen LogP contribution in [0, 0.1) is 18.7 Å². The Bertz CT molecular complexity index is 421. The van der Waals surface area contributed by atoms with Crippen LogP contribution in [0.25, 0.3) is 0 Å². The average molecular weight is 279 g/mol. The monoisotopic (exact) mass is 279 g/mol. The molecule has 1 aliphatic carbocycles. The molecule has 112 valence electrons. The van der Waals surface area contributed by atoms with Crippen molar-refractivity contribution in [3.8, 4) is 5.75 Å². The molecule has 2 nitrogen and oxygen atoms in total. The Hall–Kier alpha value is -1.09. The molecule has 0 radical (unpaired) electrons. The molecular weight excluding hydrogens is 253 g/mol. The van der Waals surface area contributed by atoms with E-state index in [4.69, 9.17) is 4.74 Å². The highest BCUT2D eigenvalue weighted by atomic mass is 19.1. The molecule has 0 spiro atoms. The van der Waals surface area contributed by atoms with E-state index in [9.17, 15) is 4.39 Å². The summed E-state index contributed by atoms with van der Waals surface area (Å²) < 4.78 is 19.4. The molecule has 1 fully saturated rings. The van der Waals surface area contributed by atoms with E-state index >= 15 is 0 Å². The molecule has 0 aliphatic heterocycles. The van der Waals surface area contributed by atoms with E-state index < -0.39 is 0 Å². The van der Waals surface area contributed by atoms with Gasteiger partial charge in [-0.15, -0.1) is 0 Å². The van der Waals surface area contributed by atoms with Gasteiger partial charge in [-0.25, -0.2) is 4.39 Å². The van der Waals surface area contributed by atoms with E-state index in [0.717, 1.165) is 13.0 Å². The fourth-order valence-corrected chi connectivity index (χ4v) is 3.03. The van der Waals surface area contributed by atoms with E-state index in [1.165, 1.54) is 25.7 Å². The second-order valence-electron chi connectivity index (χ2n) is 5.78. The zero-order valence-electron chi connectivity index (χ0n) is 12.6. The summed E-state index contributed by atoms with van der Waals surface area (Å²) in [5, 5.41) is 3.62. The van der Waals surface area contributed by atoms with Crippen LogP contribution < -0.4 is 10.1 Å². The van der Waals surface area contributed by atoms with Gasteiger partial charge in [-0.3, -0.25) is 0 Å². The van der Waals surface area contributed by atoms with Crippen LogP contribution in [0.2, 0.25) is 0 Å². The van der Waals surface area contributed by atoms with Crippen molar-refractivity contribution in [2.75, 3.05) is 13.2 Å². The molecule has 0 aromatic heterocycles. The highest BCUT2D eigenvalue weighted by molar-refractivity contribution is 5.30. The van der Waals surface area contributed by atoms with Gasteiger partial charge in [0.15, 0.2) is 11.6 Å². The van der Waals surface area contributed by atoms with Crippen molar-refractivity contribution in [2.45, 2.75) is 52.0 Å². The molecule has 3 heteroatoms. The van der Waals surface area contributed by atoms with Gasteiger partial charge < -0.3 is 10.1 Å². The summed E-state index contributed by atoms with van der Waals surface area (Å²) in [7, 11) is 0. The second-order valence-corrected chi connectivity index (χ2v) is 5.78. The van der Waals surface area contributed by atoms with Crippen molar-refractivity contribution < 1.29 is 9.13 Å². The standard InChI is InChI=1S/C17H26FNO/c1-3-11-19-15-8-5-7-14(15)10-12-20-16-9-4-6-13(2)17(16)18/h4,6,9,14-15,19H,3,5,7-8,10-12H2,1-2H3. The van der Waals surface area contributed by atoms with Gasteiger partial charge in [-0.2, -0.15) is 0 Å². The highest BCUT2D eigenvalue weighted by Gasteiger charge is 2.26. The quantitative estimate of drug-likeness (QED) is 0.812. The molecule has 1 aromatic carbocycles. The lowest BCUT2D eigenvalue weighted by Gasteiger charge is -2.21. The van der Waals surface area contributed by atoms with E-state index in [0.29, 0.717) is 29.9 Å². The first kappa shape index (κ1) is 15.3. The Kier molecular flexibility index (Phi) is 5.84. The molecule has 0 bridgehead atoms. The molecule has 2 rings (SSSR count). The largest absolute Gasteiger partial charge is 0.490 e. The van der Waals surface area contributed by atoms with E-state index in [2.05, 4.69) is 12.2 Å². The van der Waals surface area contributed by atoms with Crippen molar-refractivity contribution in [1.82, 2.24) is 5.32 Å². The summed E-state index contributed by atoms with van der Waals surface area (Å²) in [6.45, 7) is 5.66. The second kappa shape index (κ2) is 7.63. The number of hydrogen-bond acceptors (Lipinski definition) is 2.